The molecule has 0 radical (unpaired) electrons. The van der Waals surface area contributed by atoms with Gasteiger partial charge in [0.15, 0.2) is 0 Å². The molecule has 3 aliphatic carbocycles. The molecule has 2 spiro atoms. The molecule has 0 aliphatic heterocycles. The van der Waals surface area contributed by atoms with Crippen LogP contribution in [0.3, 0.4) is 0 Å². The van der Waals surface area contributed by atoms with E-state index in [2.05, 4.69) is 13.8 Å². The fourth-order valence-corrected chi connectivity index (χ4v) is 4.95. The van der Waals surface area contributed by atoms with Crippen molar-refractivity contribution in [2.45, 2.75) is 52.4 Å². The molecule has 0 heterocycles. The molecule has 3 aliphatic rings. The Bertz CT molecular complexity index is 172. The molecular formula is C12H20. The molecule has 0 unspecified atom stereocenters. The Morgan fingerprint density at radius 3 is 1.33 bits per heavy atom. The van der Waals surface area contributed by atoms with Crippen LogP contribution in [0.1, 0.15) is 52.4 Å². The fourth-order valence-electron chi connectivity index (χ4n) is 4.95. The quantitative estimate of drug-likeness (QED) is 0.513. The van der Waals surface area contributed by atoms with Crippen molar-refractivity contribution in [2.75, 3.05) is 0 Å². The van der Waals surface area contributed by atoms with Crippen LogP contribution in [-0.2, 0) is 0 Å². The van der Waals surface area contributed by atoms with Gasteiger partial charge in [-0.15, -0.1) is 0 Å². The lowest BCUT2D eigenvalue weighted by Gasteiger charge is -2.68. The second-order valence-electron chi connectivity index (χ2n) is 6.38. The Labute approximate surface area is 75.7 Å². The SMILES string of the molecule is CC1CC2(C1)CC1(CC(C)C1)C2. The van der Waals surface area contributed by atoms with E-state index in [9.17, 15) is 0 Å². The van der Waals surface area contributed by atoms with Gasteiger partial charge in [-0.25, -0.2) is 0 Å². The highest BCUT2D eigenvalue weighted by Gasteiger charge is 2.61. The second-order valence-corrected chi connectivity index (χ2v) is 6.38. The smallest absolute Gasteiger partial charge is 0.0282 e. The maximum Gasteiger partial charge on any atom is -0.0282 e. The van der Waals surface area contributed by atoms with Crippen molar-refractivity contribution in [3.05, 3.63) is 0 Å². The Morgan fingerprint density at radius 2 is 1.08 bits per heavy atom. The first-order chi connectivity index (χ1) is 5.62. The van der Waals surface area contributed by atoms with Gasteiger partial charge in [-0.05, 0) is 61.2 Å². The van der Waals surface area contributed by atoms with Crippen molar-refractivity contribution in [2.24, 2.45) is 22.7 Å². The maximum absolute atomic E-state index is 2.42. The minimum atomic E-state index is 0.888. The molecule has 68 valence electrons. The zero-order chi connectivity index (χ0) is 8.40. The van der Waals surface area contributed by atoms with E-state index in [-0.39, 0.29) is 0 Å². The molecule has 0 aromatic rings. The van der Waals surface area contributed by atoms with Crippen molar-refractivity contribution < 1.29 is 0 Å². The monoisotopic (exact) mass is 164 g/mol. The summed E-state index contributed by atoms with van der Waals surface area (Å²) >= 11 is 0. The normalized spacial score (nSPS) is 62.5. The molecule has 0 bridgehead atoms. The highest BCUT2D eigenvalue weighted by Crippen LogP contribution is 2.73. The minimum Gasteiger partial charge on any atom is -0.0625 e. The topological polar surface area (TPSA) is 0 Å². The largest absolute Gasteiger partial charge is 0.0625 e. The lowest BCUT2D eigenvalue weighted by atomic mass is 9.37. The molecule has 0 saturated heterocycles. The third kappa shape index (κ3) is 0.791. The third-order valence-electron chi connectivity index (χ3n) is 4.63. The summed E-state index contributed by atoms with van der Waals surface area (Å²) in [6.45, 7) is 4.83. The van der Waals surface area contributed by atoms with Crippen LogP contribution in [-0.4, -0.2) is 0 Å². The number of hydrogen-bond donors (Lipinski definition) is 0. The molecule has 3 saturated carbocycles. The van der Waals surface area contributed by atoms with Gasteiger partial charge in [0.25, 0.3) is 0 Å². The summed E-state index contributed by atoms with van der Waals surface area (Å²) in [5, 5.41) is 0. The first-order valence-electron chi connectivity index (χ1n) is 5.62. The van der Waals surface area contributed by atoms with Crippen LogP contribution in [0, 0.1) is 22.7 Å². The van der Waals surface area contributed by atoms with E-state index in [1.165, 1.54) is 0 Å². The van der Waals surface area contributed by atoms with Crippen molar-refractivity contribution in [3.8, 4) is 0 Å². The summed E-state index contributed by atoms with van der Waals surface area (Å²) in [6, 6.07) is 0. The number of rotatable bonds is 0. The summed E-state index contributed by atoms with van der Waals surface area (Å²) in [7, 11) is 0. The molecule has 0 aromatic carbocycles. The highest BCUT2D eigenvalue weighted by atomic mass is 14.7. The molecule has 12 heavy (non-hydrogen) atoms. The van der Waals surface area contributed by atoms with Gasteiger partial charge < -0.3 is 0 Å². The summed E-state index contributed by atoms with van der Waals surface area (Å²) in [6.07, 6.45) is 9.45. The van der Waals surface area contributed by atoms with Crippen molar-refractivity contribution >= 4 is 0 Å². The van der Waals surface area contributed by atoms with Gasteiger partial charge in [0, 0.05) is 0 Å². The van der Waals surface area contributed by atoms with Crippen LogP contribution in [0.25, 0.3) is 0 Å². The summed E-state index contributed by atoms with van der Waals surface area (Å²) in [4.78, 5) is 0. The Hall–Kier alpha value is 0. The van der Waals surface area contributed by atoms with Crippen molar-refractivity contribution in [1.82, 2.24) is 0 Å². The summed E-state index contributed by atoms with van der Waals surface area (Å²) in [5.74, 6) is 2.11. The van der Waals surface area contributed by atoms with Crippen LogP contribution in [0.4, 0.5) is 0 Å². The van der Waals surface area contributed by atoms with E-state index in [4.69, 9.17) is 0 Å². The zero-order valence-corrected chi connectivity index (χ0v) is 8.40. The molecule has 0 heteroatoms. The molecular weight excluding hydrogens is 144 g/mol. The van der Waals surface area contributed by atoms with Gasteiger partial charge in [0.2, 0.25) is 0 Å². The van der Waals surface area contributed by atoms with E-state index in [1.807, 2.05) is 0 Å². The molecule has 0 nitrogen and oxygen atoms in total. The van der Waals surface area contributed by atoms with Gasteiger partial charge in [-0.3, -0.25) is 0 Å². The molecule has 0 atom stereocenters. The van der Waals surface area contributed by atoms with E-state index in [0.717, 1.165) is 22.7 Å². The standard InChI is InChI=1S/C12H20/c1-9-3-11(4-9)7-12(8-11)5-10(2)6-12/h9-10H,3-8H2,1-2H3. The summed E-state index contributed by atoms with van der Waals surface area (Å²) < 4.78 is 0. The third-order valence-corrected chi connectivity index (χ3v) is 4.63. The Kier molecular flexibility index (Phi) is 1.18. The summed E-state index contributed by atoms with van der Waals surface area (Å²) in [5.41, 5.74) is 1.78. The van der Waals surface area contributed by atoms with E-state index >= 15 is 0 Å². The lowest BCUT2D eigenvalue weighted by Crippen LogP contribution is -2.57. The highest BCUT2D eigenvalue weighted by molar-refractivity contribution is 5.12. The molecule has 0 amide bonds. The second kappa shape index (κ2) is 1.91. The van der Waals surface area contributed by atoms with Crippen LogP contribution < -0.4 is 0 Å². The minimum absolute atomic E-state index is 0.888. The van der Waals surface area contributed by atoms with Gasteiger partial charge in [0.1, 0.15) is 0 Å². The van der Waals surface area contributed by atoms with Crippen LogP contribution in [0.15, 0.2) is 0 Å². The molecule has 0 N–H and O–H groups in total. The average Bonchev–Trinajstić information content (AvgIpc) is 1.76. The van der Waals surface area contributed by atoms with Crippen LogP contribution in [0.2, 0.25) is 0 Å². The van der Waals surface area contributed by atoms with E-state index in [0.29, 0.717) is 0 Å². The van der Waals surface area contributed by atoms with Gasteiger partial charge >= 0.3 is 0 Å². The Balaban J connectivity index is 1.59. The number of hydrogen-bond acceptors (Lipinski definition) is 0. The van der Waals surface area contributed by atoms with E-state index in [1.54, 1.807) is 38.5 Å². The van der Waals surface area contributed by atoms with Gasteiger partial charge in [-0.2, -0.15) is 0 Å². The molecule has 0 aromatic heterocycles. The zero-order valence-electron chi connectivity index (χ0n) is 8.40. The molecule has 3 rings (SSSR count). The fraction of sp³-hybridized carbons (Fsp3) is 1.00. The van der Waals surface area contributed by atoms with Crippen LogP contribution >= 0.6 is 0 Å². The van der Waals surface area contributed by atoms with Gasteiger partial charge in [0.05, 0.1) is 0 Å². The predicted molar refractivity (Wildman–Crippen MR) is 50.9 cm³/mol. The maximum atomic E-state index is 2.42. The van der Waals surface area contributed by atoms with E-state index < -0.39 is 0 Å². The molecule has 3 fully saturated rings. The average molecular weight is 164 g/mol. The lowest BCUT2D eigenvalue weighted by molar-refractivity contribution is -0.176. The first-order valence-corrected chi connectivity index (χ1v) is 5.62. The van der Waals surface area contributed by atoms with Crippen molar-refractivity contribution in [3.63, 3.8) is 0 Å². The first kappa shape index (κ1) is 7.41. The Morgan fingerprint density at radius 1 is 0.750 bits per heavy atom. The predicted octanol–water partition coefficient (Wildman–Crippen LogP) is 3.61. The van der Waals surface area contributed by atoms with Gasteiger partial charge in [-0.1, -0.05) is 13.8 Å². The van der Waals surface area contributed by atoms with Crippen molar-refractivity contribution in [1.29, 1.82) is 0 Å². The van der Waals surface area contributed by atoms with Crippen LogP contribution in [0.5, 0.6) is 0 Å².